The predicted molar refractivity (Wildman–Crippen MR) is 78.3 cm³/mol. The minimum atomic E-state index is -1.17. The van der Waals surface area contributed by atoms with Crippen molar-refractivity contribution in [2.45, 2.75) is 45.4 Å². The monoisotopic (exact) mass is 335 g/mol. The molecule has 0 aliphatic carbocycles. The summed E-state index contributed by atoms with van der Waals surface area (Å²) in [5, 5.41) is 0. The number of hydrogen-bond donors (Lipinski definition) is 1. The first-order chi connectivity index (χ1) is 8.14. The Bertz CT molecular complexity index is 471. The van der Waals surface area contributed by atoms with Gasteiger partial charge in [-0.25, -0.2) is 13.3 Å². The Morgan fingerprint density at radius 1 is 1.39 bits per heavy atom. The van der Waals surface area contributed by atoms with E-state index in [1.54, 1.807) is 13.0 Å². The van der Waals surface area contributed by atoms with E-state index < -0.39 is 11.0 Å². The fourth-order valence-electron chi connectivity index (χ4n) is 1.54. The third-order valence-electron chi connectivity index (χ3n) is 2.69. The van der Waals surface area contributed by atoms with Crippen molar-refractivity contribution in [2.75, 3.05) is 0 Å². The maximum Gasteiger partial charge on any atom is 0.140 e. The molecule has 0 saturated heterocycles. The van der Waals surface area contributed by atoms with Gasteiger partial charge in [-0.15, -0.1) is 0 Å². The molecule has 18 heavy (non-hydrogen) atoms. The van der Waals surface area contributed by atoms with Gasteiger partial charge >= 0.3 is 0 Å². The molecule has 1 N–H and O–H groups in total. The summed E-state index contributed by atoms with van der Waals surface area (Å²) in [6.07, 6.45) is 0. The molecule has 0 radical (unpaired) electrons. The third kappa shape index (κ3) is 3.62. The SMILES string of the molecule is Cc1c([C@@H](C)NS(=O)C(C)(C)C)ccc(Br)c1F. The molecule has 0 aliphatic heterocycles. The second-order valence-electron chi connectivity index (χ2n) is 5.30. The van der Waals surface area contributed by atoms with E-state index in [9.17, 15) is 8.60 Å². The van der Waals surface area contributed by atoms with E-state index in [0.717, 1.165) is 5.56 Å². The van der Waals surface area contributed by atoms with Crippen molar-refractivity contribution in [2.24, 2.45) is 0 Å². The molecule has 0 aromatic heterocycles. The summed E-state index contributed by atoms with van der Waals surface area (Å²) in [7, 11) is -1.17. The lowest BCUT2D eigenvalue weighted by molar-refractivity contribution is 0.593. The van der Waals surface area contributed by atoms with Gasteiger partial charge in [0.05, 0.1) is 20.2 Å². The van der Waals surface area contributed by atoms with E-state index in [1.807, 2.05) is 33.8 Å². The topological polar surface area (TPSA) is 29.1 Å². The fourth-order valence-corrected chi connectivity index (χ4v) is 2.77. The van der Waals surface area contributed by atoms with Crippen LogP contribution in [0, 0.1) is 12.7 Å². The first-order valence-electron chi connectivity index (χ1n) is 5.77. The standard InChI is InChI=1S/C13H19BrFNOS/c1-8-10(6-7-11(14)12(8)15)9(2)16-18(17)13(3,4)5/h6-7,9,16H,1-5H3/t9-,18?/m1/s1. The van der Waals surface area contributed by atoms with Crippen LogP contribution in [0.25, 0.3) is 0 Å². The van der Waals surface area contributed by atoms with E-state index in [1.165, 1.54) is 0 Å². The first-order valence-corrected chi connectivity index (χ1v) is 7.71. The van der Waals surface area contributed by atoms with Gasteiger partial charge in [0.1, 0.15) is 5.82 Å². The molecule has 2 atom stereocenters. The molecule has 0 bridgehead atoms. The number of halogens is 2. The Morgan fingerprint density at radius 3 is 2.44 bits per heavy atom. The summed E-state index contributed by atoms with van der Waals surface area (Å²) >= 11 is 3.16. The Balaban J connectivity index is 2.96. The zero-order chi connectivity index (χ0) is 14.1. The molecule has 0 fully saturated rings. The lowest BCUT2D eigenvalue weighted by atomic mass is 10.0. The second kappa shape index (κ2) is 5.80. The van der Waals surface area contributed by atoms with Crippen molar-refractivity contribution in [3.63, 3.8) is 0 Å². The van der Waals surface area contributed by atoms with Crippen LogP contribution in [0.3, 0.4) is 0 Å². The van der Waals surface area contributed by atoms with Gasteiger partial charge in [0.2, 0.25) is 0 Å². The first kappa shape index (κ1) is 15.8. The van der Waals surface area contributed by atoms with Gasteiger partial charge in [0, 0.05) is 6.04 Å². The molecule has 2 nitrogen and oxygen atoms in total. The largest absolute Gasteiger partial charge is 0.242 e. The summed E-state index contributed by atoms with van der Waals surface area (Å²) in [5.41, 5.74) is 1.41. The highest BCUT2D eigenvalue weighted by Gasteiger charge is 2.23. The van der Waals surface area contributed by atoms with E-state index in [0.29, 0.717) is 10.0 Å². The summed E-state index contributed by atoms with van der Waals surface area (Å²) in [6, 6.07) is 3.36. The lowest BCUT2D eigenvalue weighted by Gasteiger charge is -2.23. The van der Waals surface area contributed by atoms with Crippen molar-refractivity contribution in [3.05, 3.63) is 33.5 Å². The van der Waals surface area contributed by atoms with Crippen molar-refractivity contribution >= 4 is 26.9 Å². The van der Waals surface area contributed by atoms with Crippen LogP contribution in [-0.2, 0) is 11.0 Å². The molecule has 1 aromatic rings. The van der Waals surface area contributed by atoms with Crippen LogP contribution < -0.4 is 4.72 Å². The van der Waals surface area contributed by atoms with E-state index in [-0.39, 0.29) is 16.6 Å². The van der Waals surface area contributed by atoms with Crippen LogP contribution in [0.4, 0.5) is 4.39 Å². The number of rotatable bonds is 3. The third-order valence-corrected chi connectivity index (χ3v) is 4.98. The van der Waals surface area contributed by atoms with Crippen molar-refractivity contribution in [3.8, 4) is 0 Å². The van der Waals surface area contributed by atoms with Crippen molar-refractivity contribution in [1.82, 2.24) is 4.72 Å². The minimum Gasteiger partial charge on any atom is -0.242 e. The summed E-state index contributed by atoms with van der Waals surface area (Å²) in [4.78, 5) is 0. The van der Waals surface area contributed by atoms with Crippen LogP contribution in [0.2, 0.25) is 0 Å². The molecule has 0 heterocycles. The van der Waals surface area contributed by atoms with E-state index >= 15 is 0 Å². The summed E-state index contributed by atoms with van der Waals surface area (Å²) in [6.45, 7) is 9.32. The van der Waals surface area contributed by atoms with Crippen LogP contribution in [0.1, 0.15) is 44.9 Å². The van der Waals surface area contributed by atoms with Crippen molar-refractivity contribution < 1.29 is 8.60 Å². The number of benzene rings is 1. The highest BCUT2D eigenvalue weighted by atomic mass is 79.9. The quantitative estimate of drug-likeness (QED) is 0.888. The molecule has 0 amide bonds. The van der Waals surface area contributed by atoms with Gasteiger partial charge in [-0.1, -0.05) is 6.07 Å². The van der Waals surface area contributed by atoms with Crippen LogP contribution in [0.15, 0.2) is 16.6 Å². The normalized spacial score (nSPS) is 15.5. The predicted octanol–water partition coefficient (Wildman–Crippen LogP) is 4.01. The highest BCUT2D eigenvalue weighted by molar-refractivity contribution is 9.10. The molecule has 1 unspecified atom stereocenters. The van der Waals surface area contributed by atoms with Gasteiger partial charge in [0.15, 0.2) is 0 Å². The fraction of sp³-hybridized carbons (Fsp3) is 0.538. The van der Waals surface area contributed by atoms with E-state index in [4.69, 9.17) is 0 Å². The lowest BCUT2D eigenvalue weighted by Crippen LogP contribution is -2.35. The average Bonchev–Trinajstić information content (AvgIpc) is 2.24. The van der Waals surface area contributed by atoms with Crippen LogP contribution in [-0.4, -0.2) is 8.96 Å². The molecule has 102 valence electrons. The summed E-state index contributed by atoms with van der Waals surface area (Å²) in [5.74, 6) is -0.261. The maximum atomic E-state index is 13.8. The molecule has 1 rings (SSSR count). The van der Waals surface area contributed by atoms with Crippen LogP contribution >= 0.6 is 15.9 Å². The van der Waals surface area contributed by atoms with Crippen LogP contribution in [0.5, 0.6) is 0 Å². The zero-order valence-corrected chi connectivity index (χ0v) is 13.7. The molecular formula is C13H19BrFNOS. The Morgan fingerprint density at radius 2 is 1.94 bits per heavy atom. The number of hydrogen-bond acceptors (Lipinski definition) is 1. The van der Waals surface area contributed by atoms with Gasteiger partial charge in [-0.3, -0.25) is 0 Å². The Hall–Kier alpha value is -0.260. The van der Waals surface area contributed by atoms with Gasteiger partial charge < -0.3 is 0 Å². The molecule has 5 heteroatoms. The van der Waals surface area contributed by atoms with Gasteiger partial charge in [-0.05, 0) is 67.7 Å². The highest BCUT2D eigenvalue weighted by Crippen LogP contribution is 2.26. The second-order valence-corrected chi connectivity index (χ2v) is 8.15. The van der Waals surface area contributed by atoms with Gasteiger partial charge in [0.25, 0.3) is 0 Å². The van der Waals surface area contributed by atoms with Gasteiger partial charge in [-0.2, -0.15) is 0 Å². The van der Waals surface area contributed by atoms with E-state index in [2.05, 4.69) is 20.7 Å². The smallest absolute Gasteiger partial charge is 0.140 e. The maximum absolute atomic E-state index is 13.8. The molecule has 1 aromatic carbocycles. The average molecular weight is 336 g/mol. The zero-order valence-electron chi connectivity index (χ0n) is 11.3. The minimum absolute atomic E-state index is 0.160. The Kier molecular flexibility index (Phi) is 5.09. The Labute approximate surface area is 119 Å². The van der Waals surface area contributed by atoms with Crippen molar-refractivity contribution in [1.29, 1.82) is 0 Å². The molecule has 0 aliphatic rings. The summed E-state index contributed by atoms with van der Waals surface area (Å²) < 4.78 is 28.9. The molecule has 0 saturated carbocycles. The number of nitrogens with one attached hydrogen (secondary N) is 1. The molecule has 0 spiro atoms. The molecular weight excluding hydrogens is 317 g/mol.